The van der Waals surface area contributed by atoms with Crippen molar-refractivity contribution in [2.45, 2.75) is 12.5 Å². The maximum Gasteiger partial charge on any atom is 0.257 e. The molecule has 1 amide bonds. The summed E-state index contributed by atoms with van der Waals surface area (Å²) < 4.78 is 12.7. The van der Waals surface area contributed by atoms with Crippen LogP contribution in [-0.2, 0) is 11.8 Å². The lowest BCUT2D eigenvalue weighted by Gasteiger charge is -2.12. The molecule has 1 aliphatic heterocycles. The molecule has 1 saturated heterocycles. The van der Waals surface area contributed by atoms with Gasteiger partial charge in [0.2, 0.25) is 5.88 Å². The van der Waals surface area contributed by atoms with Crippen molar-refractivity contribution in [1.82, 2.24) is 14.8 Å². The number of carbonyl (C=O) groups excluding carboxylic acids is 1. The largest absolute Gasteiger partial charge is 0.471 e. The summed E-state index contributed by atoms with van der Waals surface area (Å²) in [5.41, 5.74) is 2.02. The van der Waals surface area contributed by atoms with E-state index in [1.165, 1.54) is 6.20 Å². The Labute approximate surface area is 154 Å². The number of amides is 1. The lowest BCUT2D eigenvalue weighted by molar-refractivity contribution is 0.102. The molecule has 7 nitrogen and oxygen atoms in total. The van der Waals surface area contributed by atoms with Crippen LogP contribution in [0.3, 0.4) is 0 Å². The van der Waals surface area contributed by atoms with E-state index in [1.807, 2.05) is 25.2 Å². The van der Waals surface area contributed by atoms with E-state index in [-0.39, 0.29) is 12.0 Å². The molecule has 1 aliphatic rings. The second kappa shape index (κ2) is 6.93. The molecule has 1 atom stereocenters. The van der Waals surface area contributed by atoms with E-state index in [9.17, 15) is 4.79 Å². The molecular formula is C18H17ClN4O3. The average molecular weight is 373 g/mol. The van der Waals surface area contributed by atoms with Crippen molar-refractivity contribution < 1.29 is 14.3 Å². The van der Waals surface area contributed by atoms with Gasteiger partial charge in [-0.25, -0.2) is 4.98 Å². The fraction of sp³-hybridized carbons (Fsp3) is 0.278. The molecule has 1 N–H and O–H groups in total. The van der Waals surface area contributed by atoms with E-state index in [4.69, 9.17) is 21.1 Å². The monoisotopic (exact) mass is 372 g/mol. The predicted octanol–water partition coefficient (Wildman–Crippen LogP) is 3.04. The molecule has 2 aromatic heterocycles. The molecule has 0 saturated carbocycles. The Kier molecular flexibility index (Phi) is 4.48. The van der Waals surface area contributed by atoms with Gasteiger partial charge in [0.25, 0.3) is 5.91 Å². The normalized spacial score (nSPS) is 16.8. The van der Waals surface area contributed by atoms with E-state index in [1.54, 1.807) is 16.9 Å². The van der Waals surface area contributed by atoms with Gasteiger partial charge in [0.1, 0.15) is 11.1 Å². The first-order chi connectivity index (χ1) is 12.6. The average Bonchev–Trinajstić information content (AvgIpc) is 3.27. The number of ether oxygens (including phenoxy) is 2. The van der Waals surface area contributed by atoms with Crippen molar-refractivity contribution in [3.63, 3.8) is 0 Å². The summed E-state index contributed by atoms with van der Waals surface area (Å²) in [6, 6.07) is 7.16. The van der Waals surface area contributed by atoms with E-state index < -0.39 is 0 Å². The Balaban J connectivity index is 1.48. The molecule has 0 aliphatic carbocycles. The van der Waals surface area contributed by atoms with Crippen molar-refractivity contribution in [3.05, 3.63) is 47.2 Å². The number of pyridine rings is 1. The van der Waals surface area contributed by atoms with Crippen LogP contribution in [0.1, 0.15) is 16.8 Å². The number of aromatic nitrogens is 3. The molecule has 134 valence electrons. The van der Waals surface area contributed by atoms with Crippen LogP contribution in [0.15, 0.2) is 36.7 Å². The Bertz CT molecular complexity index is 966. The van der Waals surface area contributed by atoms with Crippen LogP contribution >= 0.6 is 11.6 Å². The third kappa shape index (κ3) is 3.36. The predicted molar refractivity (Wildman–Crippen MR) is 97.8 cm³/mol. The SMILES string of the molecule is Cn1ncc2cc(NC(=O)c3cnc(OC4CCOC4)c(Cl)c3)ccc21. The maximum atomic E-state index is 12.5. The van der Waals surface area contributed by atoms with E-state index in [0.717, 1.165) is 17.3 Å². The number of benzene rings is 1. The molecule has 0 spiro atoms. The minimum absolute atomic E-state index is 0.0501. The number of fused-ring (bicyclic) bond motifs is 1. The fourth-order valence-electron chi connectivity index (χ4n) is 2.84. The van der Waals surface area contributed by atoms with E-state index in [2.05, 4.69) is 15.4 Å². The molecule has 4 rings (SSSR count). The Morgan fingerprint density at radius 1 is 1.38 bits per heavy atom. The fourth-order valence-corrected chi connectivity index (χ4v) is 3.06. The molecule has 8 heteroatoms. The van der Waals surface area contributed by atoms with Crippen molar-refractivity contribution in [2.75, 3.05) is 18.5 Å². The highest BCUT2D eigenvalue weighted by atomic mass is 35.5. The van der Waals surface area contributed by atoms with Crippen molar-refractivity contribution in [3.8, 4) is 5.88 Å². The number of carbonyl (C=O) groups is 1. The summed E-state index contributed by atoms with van der Waals surface area (Å²) in [4.78, 5) is 16.6. The molecule has 1 aromatic carbocycles. The maximum absolute atomic E-state index is 12.5. The van der Waals surface area contributed by atoms with Crippen LogP contribution < -0.4 is 10.1 Å². The van der Waals surface area contributed by atoms with Gasteiger partial charge in [-0.3, -0.25) is 9.48 Å². The van der Waals surface area contributed by atoms with Crippen molar-refractivity contribution in [2.24, 2.45) is 7.05 Å². The number of halogens is 1. The van der Waals surface area contributed by atoms with Crippen LogP contribution in [0.4, 0.5) is 5.69 Å². The Morgan fingerprint density at radius 3 is 3.04 bits per heavy atom. The molecule has 3 heterocycles. The van der Waals surface area contributed by atoms with Crippen LogP contribution in [-0.4, -0.2) is 40.0 Å². The van der Waals surface area contributed by atoms with Gasteiger partial charge in [0, 0.05) is 30.7 Å². The summed E-state index contributed by atoms with van der Waals surface area (Å²) >= 11 is 6.22. The van der Waals surface area contributed by atoms with Crippen molar-refractivity contribution >= 4 is 34.1 Å². The minimum Gasteiger partial charge on any atom is -0.471 e. The summed E-state index contributed by atoms with van der Waals surface area (Å²) in [5, 5.41) is 8.28. The zero-order chi connectivity index (χ0) is 18.1. The quantitative estimate of drug-likeness (QED) is 0.761. The molecule has 0 bridgehead atoms. The zero-order valence-electron chi connectivity index (χ0n) is 14.1. The standard InChI is InChI=1S/C18H17ClN4O3/c1-23-16-3-2-13(6-11(16)9-21-23)22-17(24)12-7-15(19)18(20-8-12)26-14-4-5-25-10-14/h2-3,6-9,14H,4-5,10H2,1H3,(H,22,24). The number of hydrogen-bond donors (Lipinski definition) is 1. The highest BCUT2D eigenvalue weighted by Gasteiger charge is 2.20. The Hall–Kier alpha value is -2.64. The van der Waals surface area contributed by atoms with Gasteiger partial charge in [-0.05, 0) is 24.3 Å². The first-order valence-corrected chi connectivity index (χ1v) is 8.61. The minimum atomic E-state index is -0.293. The lowest BCUT2D eigenvalue weighted by atomic mass is 10.2. The van der Waals surface area contributed by atoms with Gasteiger partial charge in [-0.15, -0.1) is 0 Å². The second-order valence-electron chi connectivity index (χ2n) is 6.11. The third-order valence-corrected chi connectivity index (χ3v) is 4.51. The van der Waals surface area contributed by atoms with Gasteiger partial charge in [0.05, 0.1) is 30.5 Å². The smallest absolute Gasteiger partial charge is 0.257 e. The topological polar surface area (TPSA) is 78.3 Å². The van der Waals surface area contributed by atoms with Crippen LogP contribution in [0.5, 0.6) is 5.88 Å². The molecule has 0 radical (unpaired) electrons. The van der Waals surface area contributed by atoms with E-state index >= 15 is 0 Å². The highest BCUT2D eigenvalue weighted by molar-refractivity contribution is 6.32. The number of aryl methyl sites for hydroxylation is 1. The number of rotatable bonds is 4. The summed E-state index contributed by atoms with van der Waals surface area (Å²) in [5.74, 6) is 0.0221. The second-order valence-corrected chi connectivity index (χ2v) is 6.52. The number of anilines is 1. The van der Waals surface area contributed by atoms with Gasteiger partial charge in [0.15, 0.2) is 0 Å². The van der Waals surface area contributed by atoms with Gasteiger partial charge in [-0.1, -0.05) is 11.6 Å². The molecular weight excluding hydrogens is 356 g/mol. The molecule has 3 aromatic rings. The summed E-state index contributed by atoms with van der Waals surface area (Å²) in [7, 11) is 1.87. The van der Waals surface area contributed by atoms with Gasteiger partial charge >= 0.3 is 0 Å². The summed E-state index contributed by atoms with van der Waals surface area (Å²) in [6.45, 7) is 1.20. The zero-order valence-corrected chi connectivity index (χ0v) is 14.9. The van der Waals surface area contributed by atoms with Crippen LogP contribution in [0, 0.1) is 0 Å². The number of hydrogen-bond acceptors (Lipinski definition) is 5. The first-order valence-electron chi connectivity index (χ1n) is 8.23. The molecule has 1 unspecified atom stereocenters. The van der Waals surface area contributed by atoms with E-state index in [0.29, 0.717) is 35.4 Å². The van der Waals surface area contributed by atoms with Crippen LogP contribution in [0.2, 0.25) is 5.02 Å². The number of nitrogens with zero attached hydrogens (tertiary/aromatic N) is 3. The lowest BCUT2D eigenvalue weighted by Crippen LogP contribution is -2.17. The summed E-state index contributed by atoms with van der Waals surface area (Å²) in [6.07, 6.45) is 3.96. The first kappa shape index (κ1) is 16.8. The molecule has 1 fully saturated rings. The number of nitrogens with one attached hydrogen (secondary N) is 1. The molecule has 26 heavy (non-hydrogen) atoms. The van der Waals surface area contributed by atoms with Crippen molar-refractivity contribution in [1.29, 1.82) is 0 Å². The van der Waals surface area contributed by atoms with Gasteiger partial charge in [-0.2, -0.15) is 5.10 Å². The third-order valence-electron chi connectivity index (χ3n) is 4.24. The Morgan fingerprint density at radius 2 is 2.27 bits per heavy atom. The van der Waals surface area contributed by atoms with Gasteiger partial charge < -0.3 is 14.8 Å². The highest BCUT2D eigenvalue weighted by Crippen LogP contribution is 2.26. The van der Waals surface area contributed by atoms with Crippen LogP contribution in [0.25, 0.3) is 10.9 Å².